The molecule has 1 fully saturated rings. The van der Waals surface area contributed by atoms with Gasteiger partial charge in [0.1, 0.15) is 5.75 Å². The normalized spacial score (nSPS) is 16.6. The fourth-order valence-electron chi connectivity index (χ4n) is 3.04. The van der Waals surface area contributed by atoms with Crippen molar-refractivity contribution in [2.24, 2.45) is 4.99 Å². The second-order valence-corrected chi connectivity index (χ2v) is 6.70. The molecule has 6 nitrogen and oxygen atoms in total. The lowest BCUT2D eigenvalue weighted by molar-refractivity contribution is 0.0975. The van der Waals surface area contributed by atoms with Gasteiger partial charge in [0.15, 0.2) is 0 Å². The Morgan fingerprint density at radius 3 is 2.86 bits per heavy atom. The molecule has 1 aliphatic rings. The molecule has 0 saturated carbocycles. The van der Waals surface area contributed by atoms with Gasteiger partial charge >= 0.3 is 0 Å². The molecule has 148 valence electrons. The number of carbonyl (C=O) groups excluding carboxylic acids is 1. The first-order valence-electron chi connectivity index (χ1n) is 9.68. The molecule has 1 amide bonds. The SMILES string of the molecule is CCOc1ccccc1NC(=NC[C@@H]1CCCO1)NC(=O)c1cccc(C)c1. The van der Waals surface area contributed by atoms with Gasteiger partial charge in [-0.05, 0) is 51.0 Å². The van der Waals surface area contributed by atoms with E-state index in [1.165, 1.54) is 0 Å². The van der Waals surface area contributed by atoms with E-state index in [0.29, 0.717) is 30.4 Å². The molecule has 1 heterocycles. The summed E-state index contributed by atoms with van der Waals surface area (Å²) in [4.78, 5) is 17.3. The quantitative estimate of drug-likeness (QED) is 0.590. The molecular weight excluding hydrogens is 354 g/mol. The van der Waals surface area contributed by atoms with Crippen LogP contribution < -0.4 is 15.4 Å². The average molecular weight is 381 g/mol. The number of nitrogens with one attached hydrogen (secondary N) is 2. The molecule has 2 aromatic rings. The van der Waals surface area contributed by atoms with Gasteiger partial charge in [-0.2, -0.15) is 0 Å². The van der Waals surface area contributed by atoms with E-state index in [1.54, 1.807) is 6.07 Å². The number of hydrogen-bond acceptors (Lipinski definition) is 4. The standard InChI is InChI=1S/C22H27N3O3/c1-3-27-20-12-5-4-11-19(20)24-22(23-15-18-10-7-13-28-18)25-21(26)17-9-6-8-16(2)14-17/h4-6,8-9,11-12,14,18H,3,7,10,13,15H2,1-2H3,(H2,23,24,25,26)/t18-/m0/s1. The maximum atomic E-state index is 12.7. The van der Waals surface area contributed by atoms with Crippen molar-refractivity contribution < 1.29 is 14.3 Å². The van der Waals surface area contributed by atoms with E-state index >= 15 is 0 Å². The molecule has 1 aliphatic heterocycles. The third kappa shape index (κ3) is 5.57. The van der Waals surface area contributed by atoms with E-state index in [9.17, 15) is 4.79 Å². The largest absolute Gasteiger partial charge is 0.492 e. The zero-order chi connectivity index (χ0) is 19.8. The smallest absolute Gasteiger partial charge is 0.257 e. The number of amides is 1. The molecule has 0 unspecified atom stereocenters. The first-order valence-corrected chi connectivity index (χ1v) is 9.68. The molecule has 6 heteroatoms. The summed E-state index contributed by atoms with van der Waals surface area (Å²) in [6.07, 6.45) is 2.12. The Morgan fingerprint density at radius 2 is 2.11 bits per heavy atom. The number of aryl methyl sites for hydroxylation is 1. The lowest BCUT2D eigenvalue weighted by Gasteiger charge is -2.16. The summed E-state index contributed by atoms with van der Waals surface area (Å²) in [5.41, 5.74) is 2.37. The number of carbonyl (C=O) groups is 1. The van der Waals surface area contributed by atoms with Gasteiger partial charge in [-0.25, -0.2) is 4.99 Å². The topological polar surface area (TPSA) is 71.9 Å². The number of rotatable bonds is 6. The summed E-state index contributed by atoms with van der Waals surface area (Å²) in [7, 11) is 0. The molecular formula is C22H27N3O3. The van der Waals surface area contributed by atoms with Crippen LogP contribution in [0.5, 0.6) is 5.75 Å². The minimum Gasteiger partial charge on any atom is -0.492 e. The first-order chi connectivity index (χ1) is 13.7. The first kappa shape index (κ1) is 19.9. The molecule has 2 N–H and O–H groups in total. The Hall–Kier alpha value is -2.86. The molecule has 3 rings (SSSR count). The van der Waals surface area contributed by atoms with E-state index in [1.807, 2.05) is 56.3 Å². The zero-order valence-electron chi connectivity index (χ0n) is 16.4. The van der Waals surface area contributed by atoms with Crippen molar-refractivity contribution in [3.63, 3.8) is 0 Å². The van der Waals surface area contributed by atoms with E-state index in [-0.39, 0.29) is 12.0 Å². The van der Waals surface area contributed by atoms with Crippen LogP contribution in [0.25, 0.3) is 0 Å². The molecule has 0 bridgehead atoms. The fourth-order valence-corrected chi connectivity index (χ4v) is 3.04. The number of guanidine groups is 1. The summed E-state index contributed by atoms with van der Waals surface area (Å²) in [6.45, 7) is 5.71. The summed E-state index contributed by atoms with van der Waals surface area (Å²) in [6, 6.07) is 15.0. The van der Waals surface area contributed by atoms with Crippen molar-refractivity contribution in [1.82, 2.24) is 5.32 Å². The van der Waals surface area contributed by atoms with Gasteiger partial charge in [0.2, 0.25) is 5.96 Å². The van der Waals surface area contributed by atoms with Crippen molar-refractivity contribution in [2.75, 3.05) is 25.1 Å². The highest BCUT2D eigenvalue weighted by molar-refractivity contribution is 6.10. The van der Waals surface area contributed by atoms with Crippen LogP contribution in [0.1, 0.15) is 35.7 Å². The van der Waals surface area contributed by atoms with Crippen LogP contribution in [0, 0.1) is 6.92 Å². The van der Waals surface area contributed by atoms with Crippen molar-refractivity contribution in [1.29, 1.82) is 0 Å². The average Bonchev–Trinajstić information content (AvgIpc) is 3.21. The molecule has 0 spiro atoms. The highest BCUT2D eigenvalue weighted by atomic mass is 16.5. The Balaban J connectivity index is 1.78. The lowest BCUT2D eigenvalue weighted by atomic mass is 10.1. The number of para-hydroxylation sites is 2. The van der Waals surface area contributed by atoms with Crippen LogP contribution in [0.15, 0.2) is 53.5 Å². The third-order valence-corrected chi connectivity index (χ3v) is 4.43. The summed E-state index contributed by atoms with van der Waals surface area (Å²) in [5.74, 6) is 0.880. The van der Waals surface area contributed by atoms with E-state index < -0.39 is 0 Å². The van der Waals surface area contributed by atoms with Crippen LogP contribution in [-0.2, 0) is 4.74 Å². The van der Waals surface area contributed by atoms with Crippen LogP contribution in [0.2, 0.25) is 0 Å². The number of hydrogen-bond donors (Lipinski definition) is 2. The number of benzene rings is 2. The Morgan fingerprint density at radius 1 is 1.25 bits per heavy atom. The maximum Gasteiger partial charge on any atom is 0.257 e. The van der Waals surface area contributed by atoms with E-state index in [0.717, 1.165) is 30.7 Å². The zero-order valence-corrected chi connectivity index (χ0v) is 16.4. The maximum absolute atomic E-state index is 12.7. The van der Waals surface area contributed by atoms with Crippen LogP contribution >= 0.6 is 0 Å². The van der Waals surface area contributed by atoms with Gasteiger partial charge in [0.05, 0.1) is 24.9 Å². The van der Waals surface area contributed by atoms with Gasteiger partial charge < -0.3 is 14.8 Å². The second-order valence-electron chi connectivity index (χ2n) is 6.70. The minimum absolute atomic E-state index is 0.0924. The molecule has 0 aliphatic carbocycles. The molecule has 28 heavy (non-hydrogen) atoms. The van der Waals surface area contributed by atoms with Crippen molar-refractivity contribution in [3.05, 3.63) is 59.7 Å². The summed E-state index contributed by atoms with van der Waals surface area (Å²) >= 11 is 0. The predicted octanol–water partition coefficient (Wildman–Crippen LogP) is 3.77. The van der Waals surface area contributed by atoms with E-state index in [4.69, 9.17) is 9.47 Å². The molecule has 0 radical (unpaired) electrons. The van der Waals surface area contributed by atoms with E-state index in [2.05, 4.69) is 15.6 Å². The highest BCUT2D eigenvalue weighted by Gasteiger charge is 2.16. The number of anilines is 1. The number of nitrogens with zero attached hydrogens (tertiary/aromatic N) is 1. The van der Waals surface area contributed by atoms with Gasteiger partial charge in [0, 0.05) is 12.2 Å². The van der Waals surface area contributed by atoms with Gasteiger partial charge in [-0.15, -0.1) is 0 Å². The van der Waals surface area contributed by atoms with Crippen LogP contribution in [0.3, 0.4) is 0 Å². The van der Waals surface area contributed by atoms with Gasteiger partial charge in [0.25, 0.3) is 5.91 Å². The van der Waals surface area contributed by atoms with Crippen LogP contribution in [-0.4, -0.2) is 37.7 Å². The summed E-state index contributed by atoms with van der Waals surface area (Å²) in [5, 5.41) is 6.10. The second kappa shape index (κ2) is 9.90. The number of ether oxygens (including phenoxy) is 2. The lowest BCUT2D eigenvalue weighted by Crippen LogP contribution is -2.37. The molecule has 2 aromatic carbocycles. The minimum atomic E-state index is -0.212. The molecule has 0 aromatic heterocycles. The summed E-state index contributed by atoms with van der Waals surface area (Å²) < 4.78 is 11.3. The fraction of sp³-hybridized carbons (Fsp3) is 0.364. The van der Waals surface area contributed by atoms with Gasteiger partial charge in [-0.1, -0.05) is 29.8 Å². The van der Waals surface area contributed by atoms with Gasteiger partial charge in [-0.3, -0.25) is 10.1 Å². The number of aliphatic imine (C=N–C) groups is 1. The Bertz CT molecular complexity index is 829. The predicted molar refractivity (Wildman–Crippen MR) is 111 cm³/mol. The Kier molecular flexibility index (Phi) is 7.03. The van der Waals surface area contributed by atoms with Crippen molar-refractivity contribution >= 4 is 17.6 Å². The molecule has 1 atom stereocenters. The van der Waals surface area contributed by atoms with Crippen molar-refractivity contribution in [2.45, 2.75) is 32.8 Å². The third-order valence-electron chi connectivity index (χ3n) is 4.43. The monoisotopic (exact) mass is 381 g/mol. The van der Waals surface area contributed by atoms with Crippen LogP contribution in [0.4, 0.5) is 5.69 Å². The molecule has 1 saturated heterocycles. The Labute approximate surface area is 166 Å². The highest BCUT2D eigenvalue weighted by Crippen LogP contribution is 2.23. The van der Waals surface area contributed by atoms with Crippen molar-refractivity contribution in [3.8, 4) is 5.75 Å².